The first kappa shape index (κ1) is 21.9. The number of fused-ring (bicyclic) bond motifs is 1. The van der Waals surface area contributed by atoms with Gasteiger partial charge in [-0.3, -0.25) is 9.59 Å². The number of nitrogens with one attached hydrogen (secondary N) is 1. The van der Waals surface area contributed by atoms with Crippen molar-refractivity contribution < 1.29 is 19.4 Å². The monoisotopic (exact) mass is 450 g/mol. The van der Waals surface area contributed by atoms with Crippen LogP contribution in [-0.4, -0.2) is 30.0 Å². The number of carbonyl (C=O) groups excluding carboxylic acids is 2. The van der Waals surface area contributed by atoms with Crippen LogP contribution in [0.1, 0.15) is 18.1 Å². The molecule has 0 radical (unpaired) electrons. The first-order chi connectivity index (χ1) is 15.4. The third-order valence-corrected chi connectivity index (χ3v) is 5.90. The van der Waals surface area contributed by atoms with Gasteiger partial charge in [-0.2, -0.15) is 0 Å². The molecule has 0 spiro atoms. The van der Waals surface area contributed by atoms with Crippen molar-refractivity contribution in [1.29, 1.82) is 0 Å². The van der Waals surface area contributed by atoms with Gasteiger partial charge < -0.3 is 20.1 Å². The number of aliphatic hydroxyl groups is 1. The minimum absolute atomic E-state index is 0.283. The van der Waals surface area contributed by atoms with Crippen LogP contribution in [-0.2, 0) is 21.7 Å². The van der Waals surface area contributed by atoms with Crippen molar-refractivity contribution in [3.63, 3.8) is 0 Å². The lowest BCUT2D eigenvalue weighted by Gasteiger charge is -2.34. The molecule has 2 N–H and O–H groups in total. The zero-order chi connectivity index (χ0) is 22.9. The van der Waals surface area contributed by atoms with Crippen LogP contribution >= 0.6 is 11.6 Å². The maximum Gasteiger partial charge on any atom is 0.260 e. The van der Waals surface area contributed by atoms with Gasteiger partial charge in [0.05, 0.1) is 19.3 Å². The van der Waals surface area contributed by atoms with Crippen molar-refractivity contribution in [1.82, 2.24) is 0 Å². The van der Waals surface area contributed by atoms with E-state index >= 15 is 0 Å². The SMILES string of the molecule is COc1ccc(N[C@]2([C@@H](O)C(C)=O)C(=O)N(Cc3ccccc3)c3ccc(Cl)cc32)cc1. The van der Waals surface area contributed by atoms with Crippen molar-refractivity contribution in [2.45, 2.75) is 25.1 Å². The summed E-state index contributed by atoms with van der Waals surface area (Å²) >= 11 is 6.29. The highest BCUT2D eigenvalue weighted by Crippen LogP contribution is 2.46. The molecule has 1 heterocycles. The molecule has 4 rings (SSSR count). The molecule has 0 bridgehead atoms. The van der Waals surface area contributed by atoms with Gasteiger partial charge in [-0.05, 0) is 55.0 Å². The van der Waals surface area contributed by atoms with Gasteiger partial charge in [0.1, 0.15) is 11.9 Å². The number of anilines is 2. The Balaban J connectivity index is 1.86. The lowest BCUT2D eigenvalue weighted by molar-refractivity contribution is -0.136. The Morgan fingerprint density at radius 2 is 1.81 bits per heavy atom. The Kier molecular flexibility index (Phi) is 5.91. The molecule has 164 valence electrons. The van der Waals surface area contributed by atoms with Crippen LogP contribution in [0.5, 0.6) is 5.75 Å². The molecular formula is C25H23ClN2O4. The Morgan fingerprint density at radius 1 is 1.12 bits per heavy atom. The minimum atomic E-state index is -1.73. The third kappa shape index (κ3) is 3.72. The first-order valence-corrected chi connectivity index (χ1v) is 10.5. The molecule has 3 aromatic carbocycles. The van der Waals surface area contributed by atoms with E-state index in [1.54, 1.807) is 54.5 Å². The summed E-state index contributed by atoms with van der Waals surface area (Å²) in [4.78, 5) is 27.9. The van der Waals surface area contributed by atoms with E-state index in [0.717, 1.165) is 5.56 Å². The number of hydrogen-bond donors (Lipinski definition) is 2. The standard InChI is InChI=1S/C25H23ClN2O4/c1-16(29)23(30)25(27-19-9-11-20(32-2)12-10-19)21-14-18(26)8-13-22(21)28(24(25)31)15-17-6-4-3-5-7-17/h3-14,23,27,30H,15H2,1-2H3/t23-,25+/m0/s1. The van der Waals surface area contributed by atoms with Gasteiger partial charge in [-0.1, -0.05) is 41.9 Å². The number of nitrogens with zero attached hydrogens (tertiary/aromatic N) is 1. The van der Waals surface area contributed by atoms with Gasteiger partial charge in [0.25, 0.3) is 5.91 Å². The van der Waals surface area contributed by atoms with Gasteiger partial charge in [0, 0.05) is 16.3 Å². The molecule has 1 aliphatic heterocycles. The average Bonchev–Trinajstić information content (AvgIpc) is 3.02. The largest absolute Gasteiger partial charge is 0.497 e. The third-order valence-electron chi connectivity index (χ3n) is 5.67. The number of methoxy groups -OCH3 is 1. The van der Waals surface area contributed by atoms with Crippen molar-refractivity contribution >= 4 is 34.7 Å². The summed E-state index contributed by atoms with van der Waals surface area (Å²) in [7, 11) is 1.56. The zero-order valence-corrected chi connectivity index (χ0v) is 18.5. The second kappa shape index (κ2) is 8.65. The Labute approximate surface area is 191 Å². The highest BCUT2D eigenvalue weighted by atomic mass is 35.5. The number of Topliss-reactive ketones (excluding diaryl/α,β-unsaturated/α-hetero) is 1. The summed E-state index contributed by atoms with van der Waals surface area (Å²) in [6, 6.07) is 21.5. The molecule has 1 aliphatic rings. The molecule has 0 unspecified atom stereocenters. The van der Waals surface area contributed by atoms with Crippen molar-refractivity contribution in [2.75, 3.05) is 17.3 Å². The number of amides is 1. The number of rotatable bonds is 7. The Bertz CT molecular complexity index is 1150. The van der Waals surface area contributed by atoms with Crippen molar-refractivity contribution in [3.05, 3.63) is 88.9 Å². The fourth-order valence-electron chi connectivity index (χ4n) is 4.08. The summed E-state index contributed by atoms with van der Waals surface area (Å²) in [5.41, 5.74) is 0.773. The Hall–Kier alpha value is -3.35. The molecule has 7 heteroatoms. The number of hydrogen-bond acceptors (Lipinski definition) is 5. The maximum absolute atomic E-state index is 14.0. The molecule has 32 heavy (non-hydrogen) atoms. The van der Waals surface area contributed by atoms with Crippen LogP contribution in [0.25, 0.3) is 0 Å². The van der Waals surface area contributed by atoms with E-state index in [1.807, 2.05) is 30.3 Å². The first-order valence-electron chi connectivity index (χ1n) is 10.1. The van der Waals surface area contributed by atoms with Crippen LogP contribution in [0.4, 0.5) is 11.4 Å². The topological polar surface area (TPSA) is 78.9 Å². The molecule has 6 nitrogen and oxygen atoms in total. The fourth-order valence-corrected chi connectivity index (χ4v) is 4.25. The predicted molar refractivity (Wildman–Crippen MR) is 124 cm³/mol. The van der Waals surface area contributed by atoms with Crippen LogP contribution in [0.15, 0.2) is 72.8 Å². The number of carbonyl (C=O) groups is 2. The Morgan fingerprint density at radius 3 is 2.44 bits per heavy atom. The van der Waals surface area contributed by atoms with E-state index < -0.39 is 23.3 Å². The quantitative estimate of drug-likeness (QED) is 0.565. The molecule has 0 fully saturated rings. The van der Waals surface area contributed by atoms with Crippen molar-refractivity contribution in [2.24, 2.45) is 0 Å². The summed E-state index contributed by atoms with van der Waals surface area (Å²) in [5.74, 6) is -0.326. The summed E-state index contributed by atoms with van der Waals surface area (Å²) < 4.78 is 5.20. The van der Waals surface area contributed by atoms with Gasteiger partial charge >= 0.3 is 0 Å². The number of ketones is 1. The molecular weight excluding hydrogens is 428 g/mol. The van der Waals surface area contributed by atoms with E-state index in [-0.39, 0.29) is 6.54 Å². The number of benzene rings is 3. The predicted octanol–water partition coefficient (Wildman–Crippen LogP) is 4.15. The smallest absolute Gasteiger partial charge is 0.260 e. The highest BCUT2D eigenvalue weighted by Gasteiger charge is 2.57. The van der Waals surface area contributed by atoms with Crippen LogP contribution < -0.4 is 15.0 Å². The molecule has 2 atom stereocenters. The molecule has 3 aromatic rings. The van der Waals surface area contributed by atoms with Gasteiger partial charge in [-0.15, -0.1) is 0 Å². The average molecular weight is 451 g/mol. The molecule has 0 saturated heterocycles. The normalized spacial score (nSPS) is 18.2. The molecule has 0 aliphatic carbocycles. The lowest BCUT2D eigenvalue weighted by atomic mass is 9.83. The minimum Gasteiger partial charge on any atom is -0.497 e. The van der Waals surface area contributed by atoms with Gasteiger partial charge in [0.15, 0.2) is 11.3 Å². The van der Waals surface area contributed by atoms with Crippen LogP contribution in [0.3, 0.4) is 0 Å². The fraction of sp³-hybridized carbons (Fsp3) is 0.200. The number of ether oxygens (including phenoxy) is 1. The van der Waals surface area contributed by atoms with E-state index in [2.05, 4.69) is 5.32 Å². The summed E-state index contributed by atoms with van der Waals surface area (Å²) in [5, 5.41) is 14.7. The molecule has 0 aromatic heterocycles. The van der Waals surface area contributed by atoms with Gasteiger partial charge in [0.2, 0.25) is 0 Å². The van der Waals surface area contributed by atoms with E-state index in [1.165, 1.54) is 6.92 Å². The highest BCUT2D eigenvalue weighted by molar-refractivity contribution is 6.31. The van der Waals surface area contributed by atoms with E-state index in [9.17, 15) is 14.7 Å². The zero-order valence-electron chi connectivity index (χ0n) is 17.7. The second-order valence-electron chi connectivity index (χ2n) is 7.71. The van der Waals surface area contributed by atoms with Gasteiger partial charge in [-0.25, -0.2) is 0 Å². The summed E-state index contributed by atoms with van der Waals surface area (Å²) in [6.07, 6.45) is -1.63. The number of aliphatic hydroxyl groups excluding tert-OH is 1. The maximum atomic E-state index is 14.0. The molecule has 1 amide bonds. The van der Waals surface area contributed by atoms with Crippen LogP contribution in [0.2, 0.25) is 5.02 Å². The summed E-state index contributed by atoms with van der Waals surface area (Å²) in [6.45, 7) is 1.55. The second-order valence-corrected chi connectivity index (χ2v) is 8.15. The van der Waals surface area contributed by atoms with E-state index in [0.29, 0.717) is 27.7 Å². The van der Waals surface area contributed by atoms with Crippen LogP contribution in [0, 0.1) is 0 Å². The van der Waals surface area contributed by atoms with Crippen molar-refractivity contribution in [3.8, 4) is 5.75 Å². The number of halogens is 1. The lowest BCUT2D eigenvalue weighted by Crippen LogP contribution is -2.56. The molecule has 0 saturated carbocycles. The van der Waals surface area contributed by atoms with E-state index in [4.69, 9.17) is 16.3 Å².